The molecule has 4 rings (SSSR count). The van der Waals surface area contributed by atoms with Crippen LogP contribution in [-0.2, 0) is 9.53 Å². The molecule has 0 atom stereocenters. The Morgan fingerprint density at radius 1 is 1.17 bits per heavy atom. The second-order valence-electron chi connectivity index (χ2n) is 7.28. The summed E-state index contributed by atoms with van der Waals surface area (Å²) in [6, 6.07) is 6.29. The number of benzene rings is 1. The third-order valence-corrected chi connectivity index (χ3v) is 5.24. The molecule has 0 aromatic heterocycles. The lowest BCUT2D eigenvalue weighted by molar-refractivity contribution is -0.112. The van der Waals surface area contributed by atoms with Crippen molar-refractivity contribution in [2.75, 3.05) is 36.5 Å². The average molecular weight is 326 g/mol. The largest absolute Gasteiger partial charge is 0.378 e. The topological polar surface area (TPSA) is 41.6 Å². The predicted octanol–water partition coefficient (Wildman–Crippen LogP) is 3.52. The number of hydrogen-bond acceptors (Lipinski definition) is 3. The SMILES string of the molecule is Cc1cc(N2CCOCC2)ccc1NC(=O)C=C(C1CC1)C1CC1. The fourth-order valence-corrected chi connectivity index (χ4v) is 3.53. The molecule has 4 heteroatoms. The highest BCUT2D eigenvalue weighted by Gasteiger charge is 2.36. The van der Waals surface area contributed by atoms with Crippen LogP contribution in [0.3, 0.4) is 0 Å². The molecule has 0 spiro atoms. The molecule has 2 aliphatic carbocycles. The first kappa shape index (κ1) is 15.7. The van der Waals surface area contributed by atoms with Gasteiger partial charge in [-0.05, 0) is 68.2 Å². The molecule has 3 fully saturated rings. The van der Waals surface area contributed by atoms with Crippen molar-refractivity contribution >= 4 is 17.3 Å². The summed E-state index contributed by atoms with van der Waals surface area (Å²) < 4.78 is 5.41. The van der Waals surface area contributed by atoms with E-state index in [4.69, 9.17) is 4.74 Å². The maximum atomic E-state index is 12.4. The maximum absolute atomic E-state index is 12.4. The van der Waals surface area contributed by atoms with E-state index in [1.165, 1.54) is 36.9 Å². The highest BCUT2D eigenvalue weighted by molar-refractivity contribution is 6.00. The number of rotatable bonds is 5. The number of nitrogens with one attached hydrogen (secondary N) is 1. The molecule has 0 radical (unpaired) electrons. The van der Waals surface area contributed by atoms with Crippen molar-refractivity contribution in [1.29, 1.82) is 0 Å². The number of carbonyl (C=O) groups is 1. The second-order valence-corrected chi connectivity index (χ2v) is 7.28. The Hall–Kier alpha value is -1.81. The van der Waals surface area contributed by atoms with E-state index >= 15 is 0 Å². The van der Waals surface area contributed by atoms with Crippen LogP contribution in [0.2, 0.25) is 0 Å². The first-order valence-corrected chi connectivity index (χ1v) is 9.16. The van der Waals surface area contributed by atoms with Crippen LogP contribution < -0.4 is 10.2 Å². The molecule has 128 valence electrons. The average Bonchev–Trinajstić information content (AvgIpc) is 3.49. The molecule has 0 unspecified atom stereocenters. The van der Waals surface area contributed by atoms with E-state index in [2.05, 4.69) is 29.3 Å². The summed E-state index contributed by atoms with van der Waals surface area (Å²) in [6.07, 6.45) is 6.95. The van der Waals surface area contributed by atoms with E-state index in [-0.39, 0.29) is 5.91 Å². The van der Waals surface area contributed by atoms with Crippen molar-refractivity contribution in [3.63, 3.8) is 0 Å². The van der Waals surface area contributed by atoms with Gasteiger partial charge in [-0.2, -0.15) is 0 Å². The highest BCUT2D eigenvalue weighted by atomic mass is 16.5. The maximum Gasteiger partial charge on any atom is 0.248 e. The summed E-state index contributed by atoms with van der Waals surface area (Å²) in [6.45, 7) is 5.49. The van der Waals surface area contributed by atoms with E-state index < -0.39 is 0 Å². The first-order valence-electron chi connectivity index (χ1n) is 9.16. The monoisotopic (exact) mass is 326 g/mol. The molecule has 3 aliphatic rings. The fourth-order valence-electron chi connectivity index (χ4n) is 3.53. The Morgan fingerprint density at radius 2 is 1.83 bits per heavy atom. The normalized spacial score (nSPS) is 20.6. The zero-order valence-electron chi connectivity index (χ0n) is 14.4. The molecule has 0 bridgehead atoms. The third kappa shape index (κ3) is 3.64. The van der Waals surface area contributed by atoms with Crippen molar-refractivity contribution in [3.8, 4) is 0 Å². The van der Waals surface area contributed by atoms with Crippen LogP contribution >= 0.6 is 0 Å². The summed E-state index contributed by atoms with van der Waals surface area (Å²) in [5.74, 6) is 1.41. The van der Waals surface area contributed by atoms with E-state index in [9.17, 15) is 4.79 Å². The number of aryl methyl sites for hydroxylation is 1. The zero-order chi connectivity index (χ0) is 16.5. The lowest BCUT2D eigenvalue weighted by Crippen LogP contribution is -2.36. The Kier molecular flexibility index (Phi) is 4.31. The van der Waals surface area contributed by atoms with Gasteiger partial charge in [-0.15, -0.1) is 0 Å². The van der Waals surface area contributed by atoms with Gasteiger partial charge in [0.25, 0.3) is 0 Å². The van der Waals surface area contributed by atoms with Crippen LogP contribution in [0, 0.1) is 18.8 Å². The summed E-state index contributed by atoms with van der Waals surface area (Å²) in [5.41, 5.74) is 4.63. The van der Waals surface area contributed by atoms with Crippen molar-refractivity contribution in [3.05, 3.63) is 35.4 Å². The molecule has 2 saturated carbocycles. The van der Waals surface area contributed by atoms with Gasteiger partial charge in [-0.1, -0.05) is 5.57 Å². The van der Waals surface area contributed by atoms with Gasteiger partial charge < -0.3 is 15.0 Å². The minimum absolute atomic E-state index is 0.0334. The third-order valence-electron chi connectivity index (χ3n) is 5.24. The Morgan fingerprint density at radius 3 is 2.42 bits per heavy atom. The van der Waals surface area contributed by atoms with E-state index in [1.54, 1.807) is 0 Å². The number of ether oxygens (including phenoxy) is 1. The summed E-state index contributed by atoms with van der Waals surface area (Å²) in [5, 5.41) is 3.08. The van der Waals surface area contributed by atoms with E-state index in [1.807, 2.05) is 12.1 Å². The molecule has 1 heterocycles. The summed E-state index contributed by atoms with van der Waals surface area (Å²) in [7, 11) is 0. The molecule has 24 heavy (non-hydrogen) atoms. The molecule has 1 saturated heterocycles. The van der Waals surface area contributed by atoms with Crippen molar-refractivity contribution in [2.45, 2.75) is 32.6 Å². The molecule has 1 N–H and O–H groups in total. The van der Waals surface area contributed by atoms with Crippen LogP contribution in [0.1, 0.15) is 31.2 Å². The first-order chi connectivity index (χ1) is 11.7. The molecule has 4 nitrogen and oxygen atoms in total. The molecule has 1 aliphatic heterocycles. The Labute approximate surface area is 143 Å². The number of allylic oxidation sites excluding steroid dienone is 1. The van der Waals surface area contributed by atoms with Gasteiger partial charge in [0.15, 0.2) is 0 Å². The number of amides is 1. The minimum atomic E-state index is 0.0334. The standard InChI is InChI=1S/C20H26N2O2/c1-14-12-17(22-8-10-24-11-9-22)6-7-19(14)21-20(23)13-18(15-2-3-15)16-4-5-16/h6-7,12-13,15-16H,2-5,8-11H2,1H3,(H,21,23). The van der Waals surface area contributed by atoms with Crippen LogP contribution in [0.4, 0.5) is 11.4 Å². The smallest absolute Gasteiger partial charge is 0.248 e. The molecular weight excluding hydrogens is 300 g/mol. The van der Waals surface area contributed by atoms with E-state index in [0.29, 0.717) is 11.8 Å². The number of carbonyl (C=O) groups excluding carboxylic acids is 1. The number of anilines is 2. The van der Waals surface area contributed by atoms with Crippen molar-refractivity contribution < 1.29 is 9.53 Å². The lowest BCUT2D eigenvalue weighted by atomic mass is 10.1. The van der Waals surface area contributed by atoms with Gasteiger partial charge in [0.2, 0.25) is 5.91 Å². The van der Waals surface area contributed by atoms with E-state index in [0.717, 1.165) is 37.6 Å². The summed E-state index contributed by atoms with van der Waals surface area (Å²) in [4.78, 5) is 14.7. The lowest BCUT2D eigenvalue weighted by Gasteiger charge is -2.29. The van der Waals surface area contributed by atoms with Gasteiger partial charge in [0.05, 0.1) is 13.2 Å². The van der Waals surface area contributed by atoms with Crippen LogP contribution in [-0.4, -0.2) is 32.2 Å². The molecular formula is C20H26N2O2. The minimum Gasteiger partial charge on any atom is -0.378 e. The zero-order valence-corrected chi connectivity index (χ0v) is 14.4. The molecule has 1 aromatic carbocycles. The van der Waals surface area contributed by atoms with Crippen LogP contribution in [0.25, 0.3) is 0 Å². The van der Waals surface area contributed by atoms with Gasteiger partial charge in [-0.25, -0.2) is 0 Å². The van der Waals surface area contributed by atoms with Gasteiger partial charge >= 0.3 is 0 Å². The van der Waals surface area contributed by atoms with Crippen molar-refractivity contribution in [2.24, 2.45) is 11.8 Å². The quantitative estimate of drug-likeness (QED) is 0.842. The number of morpholine rings is 1. The highest BCUT2D eigenvalue weighted by Crippen LogP contribution is 2.48. The van der Waals surface area contributed by atoms with Gasteiger partial charge in [-0.3, -0.25) is 4.79 Å². The predicted molar refractivity (Wildman–Crippen MR) is 96.4 cm³/mol. The van der Waals surface area contributed by atoms with Crippen LogP contribution in [0.15, 0.2) is 29.8 Å². The summed E-state index contributed by atoms with van der Waals surface area (Å²) >= 11 is 0. The fraction of sp³-hybridized carbons (Fsp3) is 0.550. The van der Waals surface area contributed by atoms with Crippen molar-refractivity contribution in [1.82, 2.24) is 0 Å². The second kappa shape index (κ2) is 6.60. The number of hydrogen-bond donors (Lipinski definition) is 1. The Balaban J connectivity index is 1.44. The molecule has 1 amide bonds. The van der Waals surface area contributed by atoms with Gasteiger partial charge in [0, 0.05) is 30.5 Å². The molecule has 1 aromatic rings. The van der Waals surface area contributed by atoms with Crippen LogP contribution in [0.5, 0.6) is 0 Å². The number of nitrogens with zero attached hydrogens (tertiary/aromatic N) is 1. The Bertz CT molecular complexity index is 640. The van der Waals surface area contributed by atoms with Gasteiger partial charge in [0.1, 0.15) is 0 Å².